The highest BCUT2D eigenvalue weighted by molar-refractivity contribution is 5.36. The van der Waals surface area contributed by atoms with Crippen LogP contribution in [-0.4, -0.2) is 13.6 Å². The van der Waals surface area contributed by atoms with Gasteiger partial charge in [-0.3, -0.25) is 0 Å². The molecule has 1 aliphatic carbocycles. The predicted molar refractivity (Wildman–Crippen MR) is 69.6 cm³/mol. The fourth-order valence-corrected chi connectivity index (χ4v) is 2.21. The highest BCUT2D eigenvalue weighted by Crippen LogP contribution is 2.27. The fourth-order valence-electron chi connectivity index (χ4n) is 2.21. The highest BCUT2D eigenvalue weighted by Gasteiger charge is 2.14. The molecule has 0 saturated heterocycles. The summed E-state index contributed by atoms with van der Waals surface area (Å²) in [7, 11) is 2.02. The lowest BCUT2D eigenvalue weighted by molar-refractivity contribution is 0.701. The maximum atomic E-state index is 3.29. The largest absolute Gasteiger partial charge is 0.319 e. The first kappa shape index (κ1) is 11.2. The molecule has 1 aromatic carbocycles. The second kappa shape index (κ2) is 5.66. The van der Waals surface area contributed by atoms with Crippen LogP contribution in [0.4, 0.5) is 0 Å². The minimum Gasteiger partial charge on any atom is -0.319 e. The fraction of sp³-hybridized carbons (Fsp3) is 0.333. The summed E-state index contributed by atoms with van der Waals surface area (Å²) in [5.41, 5.74) is 2.85. The van der Waals surface area contributed by atoms with Crippen molar-refractivity contribution in [1.82, 2.24) is 5.32 Å². The van der Waals surface area contributed by atoms with Crippen LogP contribution in [0.5, 0.6) is 0 Å². The van der Waals surface area contributed by atoms with E-state index in [0.717, 1.165) is 6.54 Å². The third-order valence-electron chi connectivity index (χ3n) is 3.04. The lowest BCUT2D eigenvalue weighted by Gasteiger charge is -2.20. The monoisotopic (exact) mass is 213 g/mol. The molecule has 0 fully saturated rings. The lowest BCUT2D eigenvalue weighted by atomic mass is 9.88. The molecule has 1 heteroatoms. The maximum absolute atomic E-state index is 3.29. The van der Waals surface area contributed by atoms with Crippen molar-refractivity contribution in [3.05, 3.63) is 59.7 Å². The molecule has 1 nitrogen and oxygen atoms in total. The first-order chi connectivity index (χ1) is 7.92. The van der Waals surface area contributed by atoms with Gasteiger partial charge >= 0.3 is 0 Å². The van der Waals surface area contributed by atoms with Gasteiger partial charge in [0.05, 0.1) is 0 Å². The van der Waals surface area contributed by atoms with E-state index in [-0.39, 0.29) is 0 Å². The second-order valence-electron chi connectivity index (χ2n) is 4.20. The summed E-state index contributed by atoms with van der Waals surface area (Å²) in [5, 5.41) is 3.29. The highest BCUT2D eigenvalue weighted by atomic mass is 14.8. The van der Waals surface area contributed by atoms with Gasteiger partial charge in [0.25, 0.3) is 0 Å². The Bertz CT molecular complexity index is 376. The van der Waals surface area contributed by atoms with E-state index in [9.17, 15) is 0 Å². The van der Waals surface area contributed by atoms with Crippen molar-refractivity contribution in [2.24, 2.45) is 0 Å². The zero-order chi connectivity index (χ0) is 11.2. The summed E-state index contributed by atoms with van der Waals surface area (Å²) >= 11 is 0. The normalized spacial score (nSPS) is 16.9. The van der Waals surface area contributed by atoms with E-state index >= 15 is 0 Å². The van der Waals surface area contributed by atoms with Crippen LogP contribution in [0.3, 0.4) is 0 Å². The van der Waals surface area contributed by atoms with Gasteiger partial charge in [-0.25, -0.2) is 0 Å². The molecular formula is C15H19N. The van der Waals surface area contributed by atoms with Crippen molar-refractivity contribution in [1.29, 1.82) is 0 Å². The zero-order valence-corrected chi connectivity index (χ0v) is 9.82. The van der Waals surface area contributed by atoms with Gasteiger partial charge < -0.3 is 5.32 Å². The minimum absolute atomic E-state index is 0.489. The van der Waals surface area contributed by atoms with E-state index in [1.165, 1.54) is 24.0 Å². The molecule has 0 aliphatic heterocycles. The van der Waals surface area contributed by atoms with Gasteiger partial charge in [-0.1, -0.05) is 48.6 Å². The number of rotatable bonds is 4. The van der Waals surface area contributed by atoms with Gasteiger partial charge in [0, 0.05) is 12.5 Å². The van der Waals surface area contributed by atoms with Crippen LogP contribution in [0.25, 0.3) is 0 Å². The van der Waals surface area contributed by atoms with Crippen molar-refractivity contribution in [3.8, 4) is 0 Å². The summed E-state index contributed by atoms with van der Waals surface area (Å²) in [4.78, 5) is 0. The SMILES string of the molecule is CNCC(C1=CCCC=C1)c1ccccc1. The summed E-state index contributed by atoms with van der Waals surface area (Å²) in [6.07, 6.45) is 9.29. The Morgan fingerprint density at radius 2 is 2.00 bits per heavy atom. The molecule has 0 heterocycles. The molecule has 0 bridgehead atoms. The Morgan fingerprint density at radius 1 is 1.19 bits per heavy atom. The molecule has 0 saturated carbocycles. The molecule has 0 amide bonds. The number of benzene rings is 1. The summed E-state index contributed by atoms with van der Waals surface area (Å²) in [6, 6.07) is 10.7. The molecule has 2 rings (SSSR count). The van der Waals surface area contributed by atoms with Crippen molar-refractivity contribution in [2.45, 2.75) is 18.8 Å². The molecule has 16 heavy (non-hydrogen) atoms. The third-order valence-corrected chi connectivity index (χ3v) is 3.04. The second-order valence-corrected chi connectivity index (χ2v) is 4.20. The maximum Gasteiger partial charge on any atom is 0.0211 e. The summed E-state index contributed by atoms with van der Waals surface area (Å²) in [5.74, 6) is 0.489. The number of nitrogens with one attached hydrogen (secondary N) is 1. The van der Waals surface area contributed by atoms with Gasteiger partial charge in [-0.15, -0.1) is 0 Å². The Morgan fingerprint density at radius 3 is 2.62 bits per heavy atom. The first-order valence-corrected chi connectivity index (χ1v) is 5.98. The molecule has 84 valence electrons. The molecular weight excluding hydrogens is 194 g/mol. The van der Waals surface area contributed by atoms with Gasteiger partial charge in [0.2, 0.25) is 0 Å². The van der Waals surface area contributed by atoms with E-state index in [1.807, 2.05) is 7.05 Å². The van der Waals surface area contributed by atoms with E-state index in [1.54, 1.807) is 0 Å². The van der Waals surface area contributed by atoms with Crippen molar-refractivity contribution in [2.75, 3.05) is 13.6 Å². The topological polar surface area (TPSA) is 12.0 Å². The quantitative estimate of drug-likeness (QED) is 0.809. The van der Waals surface area contributed by atoms with Crippen LogP contribution >= 0.6 is 0 Å². The summed E-state index contributed by atoms with van der Waals surface area (Å²) in [6.45, 7) is 1.00. The number of likely N-dealkylation sites (N-methyl/N-ethyl adjacent to an activating group) is 1. The molecule has 0 aromatic heterocycles. The Kier molecular flexibility index (Phi) is 3.95. The van der Waals surface area contributed by atoms with Crippen molar-refractivity contribution >= 4 is 0 Å². The number of allylic oxidation sites excluding steroid dienone is 3. The lowest BCUT2D eigenvalue weighted by Crippen LogP contribution is -2.18. The first-order valence-electron chi connectivity index (χ1n) is 5.98. The van der Waals surface area contributed by atoms with Crippen molar-refractivity contribution in [3.63, 3.8) is 0 Å². The van der Waals surface area contributed by atoms with Crippen LogP contribution in [0.15, 0.2) is 54.1 Å². The molecule has 1 N–H and O–H groups in total. The van der Waals surface area contributed by atoms with Gasteiger partial charge in [0.1, 0.15) is 0 Å². The molecule has 1 aromatic rings. The molecule has 1 atom stereocenters. The van der Waals surface area contributed by atoms with Crippen LogP contribution in [0, 0.1) is 0 Å². The zero-order valence-electron chi connectivity index (χ0n) is 9.82. The average Bonchev–Trinajstić information content (AvgIpc) is 2.38. The predicted octanol–water partition coefficient (Wildman–Crippen LogP) is 3.27. The average molecular weight is 213 g/mol. The molecule has 0 radical (unpaired) electrons. The van der Waals surface area contributed by atoms with Gasteiger partial charge in [-0.2, -0.15) is 0 Å². The smallest absolute Gasteiger partial charge is 0.0211 e. The number of hydrogen-bond acceptors (Lipinski definition) is 1. The van der Waals surface area contributed by atoms with Crippen LogP contribution in [0.1, 0.15) is 24.3 Å². The molecule has 1 aliphatic rings. The minimum atomic E-state index is 0.489. The van der Waals surface area contributed by atoms with E-state index in [0.29, 0.717) is 5.92 Å². The Labute approximate surface area is 97.9 Å². The standard InChI is InChI=1S/C15H19N/c1-16-12-15(13-8-4-2-5-9-13)14-10-6-3-7-11-14/h2,4-6,8-11,15-16H,3,7,12H2,1H3. The van der Waals surface area contributed by atoms with E-state index < -0.39 is 0 Å². The van der Waals surface area contributed by atoms with E-state index in [2.05, 4.69) is 53.9 Å². The van der Waals surface area contributed by atoms with Crippen LogP contribution in [-0.2, 0) is 0 Å². The molecule has 1 unspecified atom stereocenters. The van der Waals surface area contributed by atoms with E-state index in [4.69, 9.17) is 0 Å². The number of hydrogen-bond donors (Lipinski definition) is 1. The van der Waals surface area contributed by atoms with Crippen molar-refractivity contribution < 1.29 is 0 Å². The van der Waals surface area contributed by atoms with Crippen LogP contribution < -0.4 is 5.32 Å². The summed E-state index contributed by atoms with van der Waals surface area (Å²) < 4.78 is 0. The van der Waals surface area contributed by atoms with Gasteiger partial charge in [0.15, 0.2) is 0 Å². The Balaban J connectivity index is 2.23. The van der Waals surface area contributed by atoms with Gasteiger partial charge in [-0.05, 0) is 31.0 Å². The third kappa shape index (κ3) is 2.61. The van der Waals surface area contributed by atoms with Crippen LogP contribution in [0.2, 0.25) is 0 Å². The Hall–Kier alpha value is -1.34. The molecule has 0 spiro atoms.